The minimum Gasteiger partial charge on any atom is -0.369 e. The Balaban J connectivity index is 4.41. The molecule has 0 spiro atoms. The van der Waals surface area contributed by atoms with Crippen molar-refractivity contribution in [3.05, 3.63) is 12.2 Å². The zero-order valence-electron chi connectivity index (χ0n) is 13.0. The number of ether oxygens (including phenoxy) is 1. The summed E-state index contributed by atoms with van der Waals surface area (Å²) in [6.07, 6.45) is 9.02. The van der Waals surface area contributed by atoms with Crippen molar-refractivity contribution >= 4 is 0 Å². The topological polar surface area (TPSA) is 9.23 Å². The molecule has 0 bridgehead atoms. The molecule has 0 amide bonds. The molecule has 0 rings (SSSR count). The summed E-state index contributed by atoms with van der Waals surface area (Å²) < 4.78 is 6.30. The molecule has 0 fully saturated rings. The van der Waals surface area contributed by atoms with E-state index in [9.17, 15) is 0 Å². The normalized spacial score (nSPS) is 13.9. The third kappa shape index (κ3) is 7.59. The van der Waals surface area contributed by atoms with Crippen LogP contribution in [-0.2, 0) is 4.74 Å². The van der Waals surface area contributed by atoms with Crippen molar-refractivity contribution in [1.82, 2.24) is 0 Å². The van der Waals surface area contributed by atoms with Crippen LogP contribution in [0, 0.1) is 5.92 Å². The van der Waals surface area contributed by atoms with Gasteiger partial charge in [0.25, 0.3) is 0 Å². The lowest BCUT2D eigenvalue weighted by atomic mass is 9.90. The van der Waals surface area contributed by atoms with Crippen LogP contribution in [0.3, 0.4) is 0 Å². The first-order valence-corrected chi connectivity index (χ1v) is 7.11. The van der Waals surface area contributed by atoms with Crippen LogP contribution in [0.1, 0.15) is 74.1 Å². The molecule has 0 aliphatic rings. The van der Waals surface area contributed by atoms with Gasteiger partial charge in [0.05, 0.1) is 11.2 Å². The lowest BCUT2D eigenvalue weighted by Crippen LogP contribution is -2.39. The van der Waals surface area contributed by atoms with E-state index in [0.29, 0.717) is 5.92 Å². The van der Waals surface area contributed by atoms with Gasteiger partial charge in [-0.3, -0.25) is 0 Å². The number of allylic oxidation sites excluding steroid dienone is 2. The van der Waals surface area contributed by atoms with E-state index in [4.69, 9.17) is 4.74 Å². The van der Waals surface area contributed by atoms with Crippen LogP contribution < -0.4 is 0 Å². The van der Waals surface area contributed by atoms with E-state index in [1.54, 1.807) is 0 Å². The maximum Gasteiger partial charge on any atom is 0.0687 e. The molecular weight excluding hydrogens is 208 g/mol. The molecule has 0 atom stereocenters. The van der Waals surface area contributed by atoms with Crippen molar-refractivity contribution in [3.8, 4) is 0 Å². The van der Waals surface area contributed by atoms with Crippen LogP contribution in [0.15, 0.2) is 12.2 Å². The minimum absolute atomic E-state index is 0.0478. The highest BCUT2D eigenvalue weighted by Crippen LogP contribution is 2.31. The fourth-order valence-corrected chi connectivity index (χ4v) is 2.16. The third-order valence-corrected chi connectivity index (χ3v) is 3.10. The molecule has 0 aliphatic heterocycles. The van der Waals surface area contributed by atoms with E-state index < -0.39 is 0 Å². The summed E-state index contributed by atoms with van der Waals surface area (Å²) in [7, 11) is 0. The summed E-state index contributed by atoms with van der Waals surface area (Å²) in [5.41, 5.74) is 0.00729. The van der Waals surface area contributed by atoms with Crippen molar-refractivity contribution in [3.63, 3.8) is 0 Å². The van der Waals surface area contributed by atoms with Crippen LogP contribution in [0.4, 0.5) is 0 Å². The van der Waals surface area contributed by atoms with Crippen molar-refractivity contribution in [2.45, 2.75) is 85.4 Å². The van der Waals surface area contributed by atoms with Crippen LogP contribution in [0.5, 0.6) is 0 Å². The second kappa shape index (κ2) is 7.20. The van der Waals surface area contributed by atoms with Gasteiger partial charge in [0, 0.05) is 0 Å². The van der Waals surface area contributed by atoms with Gasteiger partial charge in [-0.2, -0.15) is 0 Å². The SMILES string of the molecule is CCC(CC)(CCC=CC(C)C)OC(C)(C)C. The van der Waals surface area contributed by atoms with Gasteiger partial charge in [0.2, 0.25) is 0 Å². The predicted molar refractivity (Wildman–Crippen MR) is 77.4 cm³/mol. The fraction of sp³-hybridized carbons (Fsp3) is 0.875. The highest BCUT2D eigenvalue weighted by molar-refractivity contribution is 4.89. The molecule has 0 aromatic heterocycles. The molecule has 17 heavy (non-hydrogen) atoms. The van der Waals surface area contributed by atoms with Gasteiger partial charge in [-0.05, 0) is 52.4 Å². The summed E-state index contributed by atoms with van der Waals surface area (Å²) in [6.45, 7) is 15.4. The Bertz CT molecular complexity index is 216. The highest BCUT2D eigenvalue weighted by atomic mass is 16.5. The number of hydrogen-bond donors (Lipinski definition) is 0. The van der Waals surface area contributed by atoms with E-state index in [1.165, 1.54) is 0 Å². The molecule has 102 valence electrons. The van der Waals surface area contributed by atoms with Crippen molar-refractivity contribution in [2.75, 3.05) is 0 Å². The quantitative estimate of drug-likeness (QED) is 0.545. The van der Waals surface area contributed by atoms with Gasteiger partial charge in [-0.15, -0.1) is 0 Å². The molecule has 1 heteroatoms. The van der Waals surface area contributed by atoms with Gasteiger partial charge in [0.1, 0.15) is 0 Å². The van der Waals surface area contributed by atoms with Crippen molar-refractivity contribution in [1.29, 1.82) is 0 Å². The Morgan fingerprint density at radius 1 is 1.06 bits per heavy atom. The van der Waals surface area contributed by atoms with E-state index >= 15 is 0 Å². The molecule has 0 aromatic carbocycles. The second-order valence-electron chi connectivity index (χ2n) is 6.32. The largest absolute Gasteiger partial charge is 0.369 e. The molecule has 0 heterocycles. The van der Waals surface area contributed by atoms with E-state index in [0.717, 1.165) is 25.7 Å². The van der Waals surface area contributed by atoms with Gasteiger partial charge in [-0.25, -0.2) is 0 Å². The lowest BCUT2D eigenvalue weighted by Gasteiger charge is -2.38. The van der Waals surface area contributed by atoms with E-state index in [2.05, 4.69) is 60.6 Å². The molecule has 0 aliphatic carbocycles. The maximum atomic E-state index is 6.30. The summed E-state index contributed by atoms with van der Waals surface area (Å²) >= 11 is 0. The Morgan fingerprint density at radius 3 is 1.94 bits per heavy atom. The average molecular weight is 240 g/mol. The summed E-state index contributed by atoms with van der Waals surface area (Å²) in [5.74, 6) is 0.649. The lowest BCUT2D eigenvalue weighted by molar-refractivity contribution is -0.139. The predicted octanol–water partition coefficient (Wildman–Crippen LogP) is 5.35. The van der Waals surface area contributed by atoms with Gasteiger partial charge in [-0.1, -0.05) is 39.8 Å². The van der Waals surface area contributed by atoms with Crippen molar-refractivity contribution in [2.24, 2.45) is 5.92 Å². The minimum atomic E-state index is -0.0478. The van der Waals surface area contributed by atoms with Crippen LogP contribution >= 0.6 is 0 Å². The first-order valence-electron chi connectivity index (χ1n) is 7.11. The molecule has 0 aromatic rings. The Kier molecular flexibility index (Phi) is 7.08. The third-order valence-electron chi connectivity index (χ3n) is 3.10. The van der Waals surface area contributed by atoms with Crippen LogP contribution in [-0.4, -0.2) is 11.2 Å². The molecule has 0 N–H and O–H groups in total. The van der Waals surface area contributed by atoms with Crippen LogP contribution in [0.2, 0.25) is 0 Å². The second-order valence-corrected chi connectivity index (χ2v) is 6.32. The Hall–Kier alpha value is -0.300. The van der Waals surface area contributed by atoms with E-state index in [-0.39, 0.29) is 11.2 Å². The first-order chi connectivity index (χ1) is 7.74. The summed E-state index contributed by atoms with van der Waals surface area (Å²) in [4.78, 5) is 0. The number of rotatable bonds is 7. The molecule has 0 unspecified atom stereocenters. The van der Waals surface area contributed by atoms with Crippen molar-refractivity contribution < 1.29 is 4.74 Å². The summed E-state index contributed by atoms with van der Waals surface area (Å²) in [5, 5.41) is 0. The van der Waals surface area contributed by atoms with Gasteiger partial charge < -0.3 is 4.74 Å². The molecule has 0 saturated carbocycles. The molecular formula is C16H32O. The van der Waals surface area contributed by atoms with E-state index in [1.807, 2.05) is 0 Å². The molecule has 1 nitrogen and oxygen atoms in total. The average Bonchev–Trinajstić information content (AvgIpc) is 2.20. The monoisotopic (exact) mass is 240 g/mol. The number of hydrogen-bond acceptors (Lipinski definition) is 1. The summed E-state index contributed by atoms with van der Waals surface area (Å²) in [6, 6.07) is 0. The zero-order chi connectivity index (χ0) is 13.5. The Labute approximate surface area is 109 Å². The molecule has 0 radical (unpaired) electrons. The first kappa shape index (κ1) is 16.7. The van der Waals surface area contributed by atoms with Gasteiger partial charge in [0.15, 0.2) is 0 Å². The van der Waals surface area contributed by atoms with Gasteiger partial charge >= 0.3 is 0 Å². The maximum absolute atomic E-state index is 6.30. The standard InChI is InChI=1S/C16H32O/c1-8-16(9-2,17-15(5,6)7)13-11-10-12-14(3)4/h10,12,14H,8-9,11,13H2,1-7H3. The highest BCUT2D eigenvalue weighted by Gasteiger charge is 2.31. The van der Waals surface area contributed by atoms with Crippen LogP contribution in [0.25, 0.3) is 0 Å². The smallest absolute Gasteiger partial charge is 0.0687 e. The molecule has 0 saturated heterocycles. The zero-order valence-corrected chi connectivity index (χ0v) is 13.0. The fourth-order valence-electron chi connectivity index (χ4n) is 2.16. The Morgan fingerprint density at radius 2 is 1.59 bits per heavy atom.